The third-order valence-electron chi connectivity index (χ3n) is 5.12. The molecule has 2 unspecified atom stereocenters. The maximum absolute atomic E-state index is 6.08. The number of hydrogen-bond acceptors (Lipinski definition) is 3. The third-order valence-corrected chi connectivity index (χ3v) is 5.12. The van der Waals surface area contributed by atoms with Gasteiger partial charge in [0.1, 0.15) is 11.9 Å². The van der Waals surface area contributed by atoms with Crippen molar-refractivity contribution < 1.29 is 4.74 Å². The number of nitrogens with zero attached hydrogens (tertiary/aromatic N) is 4. The highest BCUT2D eigenvalue weighted by atomic mass is 127. The lowest BCUT2D eigenvalue weighted by atomic mass is 10.0. The lowest BCUT2D eigenvalue weighted by Crippen LogP contribution is -2.40. The minimum Gasteiger partial charge on any atom is -0.489 e. The Hall–Kier alpha value is -1.77. The maximum atomic E-state index is 6.08. The van der Waals surface area contributed by atoms with Crippen molar-refractivity contribution in [3.63, 3.8) is 0 Å². The van der Waals surface area contributed by atoms with Crippen molar-refractivity contribution >= 4 is 29.9 Å². The molecule has 29 heavy (non-hydrogen) atoms. The second kappa shape index (κ2) is 11.4. The number of nitrogens with one attached hydrogen (secondary N) is 1. The number of benzene rings is 1. The van der Waals surface area contributed by atoms with Gasteiger partial charge in [0, 0.05) is 32.9 Å². The Kier molecular flexibility index (Phi) is 9.26. The van der Waals surface area contributed by atoms with Crippen molar-refractivity contribution in [3.05, 3.63) is 47.8 Å². The largest absolute Gasteiger partial charge is 0.489 e. The highest BCUT2D eigenvalue weighted by Gasteiger charge is 2.25. The molecule has 0 spiro atoms. The first kappa shape index (κ1) is 23.5. The molecule has 2 atom stereocenters. The summed E-state index contributed by atoms with van der Waals surface area (Å²) in [7, 11) is 1.97. The first-order valence-electron chi connectivity index (χ1n) is 10.3. The molecular weight excluding hydrogens is 477 g/mol. The van der Waals surface area contributed by atoms with Crippen molar-refractivity contribution in [1.82, 2.24) is 20.0 Å². The summed E-state index contributed by atoms with van der Waals surface area (Å²) in [5.74, 6) is 2.58. The molecule has 7 heteroatoms. The van der Waals surface area contributed by atoms with E-state index in [4.69, 9.17) is 9.73 Å². The smallest absolute Gasteiger partial charge is 0.194 e. The Balaban J connectivity index is 0.00000300. The molecule has 1 saturated heterocycles. The first-order valence-corrected chi connectivity index (χ1v) is 10.3. The summed E-state index contributed by atoms with van der Waals surface area (Å²) < 4.78 is 7.95. The number of guanidine groups is 1. The van der Waals surface area contributed by atoms with E-state index in [9.17, 15) is 0 Å². The van der Waals surface area contributed by atoms with E-state index < -0.39 is 0 Å². The van der Waals surface area contributed by atoms with Gasteiger partial charge in [-0.3, -0.25) is 4.68 Å². The van der Waals surface area contributed by atoms with Crippen molar-refractivity contribution in [2.45, 2.75) is 39.7 Å². The number of aromatic nitrogens is 2. The predicted octanol–water partition coefficient (Wildman–Crippen LogP) is 3.64. The van der Waals surface area contributed by atoms with Crippen molar-refractivity contribution in [1.29, 1.82) is 0 Å². The lowest BCUT2D eigenvalue weighted by Gasteiger charge is -2.22. The normalized spacial score (nSPS) is 17.7. The topological polar surface area (TPSA) is 54.7 Å². The zero-order chi connectivity index (χ0) is 19.9. The average molecular weight is 511 g/mol. The van der Waals surface area contributed by atoms with Gasteiger partial charge in [-0.1, -0.05) is 18.2 Å². The summed E-state index contributed by atoms with van der Waals surface area (Å²) >= 11 is 0. The Labute approximate surface area is 191 Å². The minimum atomic E-state index is 0. The summed E-state index contributed by atoms with van der Waals surface area (Å²) in [4.78, 5) is 7.24. The van der Waals surface area contributed by atoms with Crippen LogP contribution in [0.2, 0.25) is 0 Å². The molecule has 1 fully saturated rings. The second-order valence-electron chi connectivity index (χ2n) is 7.72. The Morgan fingerprint density at radius 3 is 2.86 bits per heavy atom. The maximum Gasteiger partial charge on any atom is 0.194 e. The van der Waals surface area contributed by atoms with Gasteiger partial charge < -0.3 is 15.0 Å². The van der Waals surface area contributed by atoms with Crippen LogP contribution in [-0.4, -0.2) is 52.9 Å². The Morgan fingerprint density at radius 2 is 2.17 bits per heavy atom. The van der Waals surface area contributed by atoms with Crippen molar-refractivity contribution in [3.8, 4) is 5.75 Å². The fourth-order valence-electron chi connectivity index (χ4n) is 3.69. The summed E-state index contributed by atoms with van der Waals surface area (Å²) in [5, 5.41) is 7.73. The van der Waals surface area contributed by atoms with E-state index in [-0.39, 0.29) is 30.1 Å². The molecule has 6 nitrogen and oxygen atoms in total. The average Bonchev–Trinajstić information content (AvgIpc) is 3.30. The number of aliphatic imine (C=N–C) groups is 1. The van der Waals surface area contributed by atoms with Gasteiger partial charge in [0.05, 0.1) is 12.7 Å². The van der Waals surface area contributed by atoms with Crippen LogP contribution >= 0.6 is 24.0 Å². The number of likely N-dealkylation sites (tertiary alicyclic amines) is 1. The molecular formula is C22H34IN5O. The van der Waals surface area contributed by atoms with Crippen LogP contribution in [0.15, 0.2) is 41.7 Å². The zero-order valence-corrected chi connectivity index (χ0v) is 20.3. The number of halogens is 1. The SMILES string of the molecule is CCNC(=NCC(C)Oc1ccccc1C)N1CCC(Cc2cnn(C)c2)C1.I. The van der Waals surface area contributed by atoms with E-state index in [1.165, 1.54) is 12.0 Å². The summed E-state index contributed by atoms with van der Waals surface area (Å²) in [6, 6.07) is 8.13. The quantitative estimate of drug-likeness (QED) is 0.351. The van der Waals surface area contributed by atoms with Crippen LogP contribution in [0.5, 0.6) is 5.75 Å². The van der Waals surface area contributed by atoms with E-state index in [2.05, 4.69) is 48.3 Å². The molecule has 0 saturated carbocycles. The molecule has 0 amide bonds. The molecule has 3 rings (SSSR count). The van der Waals surface area contributed by atoms with Gasteiger partial charge in [-0.2, -0.15) is 5.10 Å². The van der Waals surface area contributed by atoms with Gasteiger partial charge in [0.25, 0.3) is 0 Å². The monoisotopic (exact) mass is 511 g/mol. The van der Waals surface area contributed by atoms with Gasteiger partial charge in [0.2, 0.25) is 0 Å². The molecule has 2 heterocycles. The molecule has 0 radical (unpaired) electrons. The molecule has 1 N–H and O–H groups in total. The highest BCUT2D eigenvalue weighted by molar-refractivity contribution is 14.0. The van der Waals surface area contributed by atoms with E-state index in [1.54, 1.807) is 0 Å². The molecule has 2 aromatic rings. The van der Waals surface area contributed by atoms with Gasteiger partial charge in [-0.15, -0.1) is 24.0 Å². The Bertz CT molecular complexity index is 791. The molecule has 1 aromatic carbocycles. The minimum absolute atomic E-state index is 0. The molecule has 0 bridgehead atoms. The molecule has 0 aliphatic carbocycles. The third kappa shape index (κ3) is 6.90. The number of aryl methyl sites for hydroxylation is 2. The van der Waals surface area contributed by atoms with Crippen LogP contribution in [0.1, 0.15) is 31.4 Å². The Morgan fingerprint density at radius 1 is 1.38 bits per heavy atom. The molecule has 1 aliphatic heterocycles. The van der Waals surface area contributed by atoms with Gasteiger partial charge in [-0.05, 0) is 56.7 Å². The second-order valence-corrected chi connectivity index (χ2v) is 7.72. The summed E-state index contributed by atoms with van der Waals surface area (Å²) in [6.45, 7) is 9.86. The summed E-state index contributed by atoms with van der Waals surface area (Å²) in [5.41, 5.74) is 2.47. The highest BCUT2D eigenvalue weighted by Crippen LogP contribution is 2.21. The van der Waals surface area contributed by atoms with Crippen molar-refractivity contribution in [2.24, 2.45) is 18.0 Å². The van der Waals surface area contributed by atoms with Gasteiger partial charge in [0.15, 0.2) is 5.96 Å². The molecule has 1 aliphatic rings. The first-order chi connectivity index (χ1) is 13.5. The van der Waals surface area contributed by atoms with Crippen LogP contribution in [0, 0.1) is 12.8 Å². The van der Waals surface area contributed by atoms with E-state index in [1.807, 2.05) is 36.1 Å². The number of rotatable bonds is 7. The van der Waals surface area contributed by atoms with E-state index in [0.29, 0.717) is 12.5 Å². The van der Waals surface area contributed by atoms with Crippen LogP contribution in [0.4, 0.5) is 0 Å². The van der Waals surface area contributed by atoms with Crippen LogP contribution in [0.25, 0.3) is 0 Å². The fourth-order valence-corrected chi connectivity index (χ4v) is 3.69. The van der Waals surface area contributed by atoms with Gasteiger partial charge in [-0.25, -0.2) is 4.99 Å². The fraction of sp³-hybridized carbons (Fsp3) is 0.545. The number of ether oxygens (including phenoxy) is 1. The van der Waals surface area contributed by atoms with Crippen LogP contribution in [0.3, 0.4) is 0 Å². The standard InChI is InChI=1S/C22H33N5O.HI/c1-5-23-22(24-13-18(3)28-21-9-7-6-8-17(21)2)27-11-10-19(16-27)12-20-14-25-26(4)15-20;/h6-9,14-15,18-19H,5,10-13,16H2,1-4H3,(H,23,24);1H. The number of para-hydroxylation sites is 1. The predicted molar refractivity (Wildman–Crippen MR) is 129 cm³/mol. The van der Waals surface area contributed by atoms with Crippen LogP contribution < -0.4 is 10.1 Å². The van der Waals surface area contributed by atoms with Crippen LogP contribution in [-0.2, 0) is 13.5 Å². The van der Waals surface area contributed by atoms with E-state index in [0.717, 1.165) is 43.3 Å². The lowest BCUT2D eigenvalue weighted by molar-refractivity contribution is 0.228. The van der Waals surface area contributed by atoms with Crippen molar-refractivity contribution in [2.75, 3.05) is 26.2 Å². The van der Waals surface area contributed by atoms with Gasteiger partial charge >= 0.3 is 0 Å². The van der Waals surface area contributed by atoms with E-state index >= 15 is 0 Å². The zero-order valence-electron chi connectivity index (χ0n) is 18.0. The summed E-state index contributed by atoms with van der Waals surface area (Å²) in [6.07, 6.45) is 6.40. The molecule has 1 aromatic heterocycles. The number of hydrogen-bond donors (Lipinski definition) is 1. The molecule has 160 valence electrons.